The van der Waals surface area contributed by atoms with Gasteiger partial charge in [-0.1, -0.05) is 13.8 Å². The van der Waals surface area contributed by atoms with Crippen molar-refractivity contribution >= 4 is 12.1 Å². The Labute approximate surface area is 123 Å². The van der Waals surface area contributed by atoms with Gasteiger partial charge in [0.25, 0.3) is 0 Å². The number of carbonyl (C=O) groups is 2. The second kappa shape index (κ2) is 6.15. The number of nitrogens with zero attached hydrogens (tertiary/aromatic N) is 2. The Hall–Kier alpha value is -2.05. The Morgan fingerprint density at radius 2 is 2.14 bits per heavy atom. The molecule has 0 spiro atoms. The lowest BCUT2D eigenvalue weighted by atomic mass is 9.97. The van der Waals surface area contributed by atoms with Crippen LogP contribution >= 0.6 is 0 Å². The van der Waals surface area contributed by atoms with E-state index in [1.165, 1.54) is 6.07 Å². The average Bonchev–Trinajstić information content (AvgIpc) is 2.74. The van der Waals surface area contributed by atoms with E-state index in [9.17, 15) is 9.59 Å². The minimum Gasteiger partial charge on any atom is -0.476 e. The fraction of sp³-hybridized carbons (Fsp3) is 0.643. The third kappa shape index (κ3) is 3.74. The molecule has 0 bridgehead atoms. The molecule has 7 nitrogen and oxygen atoms in total. The van der Waals surface area contributed by atoms with Gasteiger partial charge in [0.1, 0.15) is 6.10 Å². The zero-order valence-electron chi connectivity index (χ0n) is 12.5. The number of aromatic amines is 1. The summed E-state index contributed by atoms with van der Waals surface area (Å²) in [6, 6.07) is 1.51. The highest BCUT2D eigenvalue weighted by Gasteiger charge is 2.34. The maximum Gasteiger partial charge on any atom is 0.410 e. The quantitative estimate of drug-likeness (QED) is 0.867. The molecule has 1 aliphatic rings. The van der Waals surface area contributed by atoms with Gasteiger partial charge in [-0.3, -0.25) is 5.10 Å². The smallest absolute Gasteiger partial charge is 0.410 e. The number of aromatic nitrogens is 2. The van der Waals surface area contributed by atoms with Crippen molar-refractivity contribution < 1.29 is 19.4 Å². The van der Waals surface area contributed by atoms with Crippen molar-refractivity contribution in [3.05, 3.63) is 17.5 Å². The lowest BCUT2D eigenvalue weighted by molar-refractivity contribution is 0.0387. The predicted molar refractivity (Wildman–Crippen MR) is 75.3 cm³/mol. The van der Waals surface area contributed by atoms with Crippen LogP contribution in [0.5, 0.6) is 0 Å². The number of carboxylic acids is 1. The Morgan fingerprint density at radius 3 is 2.67 bits per heavy atom. The van der Waals surface area contributed by atoms with Crippen molar-refractivity contribution in [3.8, 4) is 0 Å². The van der Waals surface area contributed by atoms with E-state index in [0.29, 0.717) is 19.0 Å². The molecule has 1 atom stereocenters. The van der Waals surface area contributed by atoms with Crippen LogP contribution in [0.3, 0.4) is 0 Å². The highest BCUT2D eigenvalue weighted by Crippen LogP contribution is 2.27. The van der Waals surface area contributed by atoms with E-state index in [1.54, 1.807) is 4.90 Å². The molecule has 1 amide bonds. The summed E-state index contributed by atoms with van der Waals surface area (Å²) in [4.78, 5) is 24.3. The summed E-state index contributed by atoms with van der Waals surface area (Å²) in [5, 5.41) is 15.2. The largest absolute Gasteiger partial charge is 0.476 e. The molecule has 0 saturated carbocycles. The van der Waals surface area contributed by atoms with Crippen molar-refractivity contribution in [2.75, 3.05) is 13.1 Å². The molecule has 21 heavy (non-hydrogen) atoms. The highest BCUT2D eigenvalue weighted by atomic mass is 16.6. The van der Waals surface area contributed by atoms with Crippen LogP contribution in [-0.2, 0) is 4.74 Å². The molecule has 2 N–H and O–H groups in total. The second-order valence-electron chi connectivity index (χ2n) is 5.94. The van der Waals surface area contributed by atoms with Crippen LogP contribution in [-0.4, -0.2) is 51.5 Å². The molecule has 0 radical (unpaired) electrons. The maximum absolute atomic E-state index is 11.9. The van der Waals surface area contributed by atoms with Crippen LogP contribution in [0.4, 0.5) is 4.79 Å². The lowest BCUT2D eigenvalue weighted by Gasteiger charge is -2.38. The fourth-order valence-electron chi connectivity index (χ4n) is 2.44. The molecule has 2 rings (SSSR count). The number of rotatable bonds is 5. The van der Waals surface area contributed by atoms with Gasteiger partial charge in [-0.05, 0) is 25.3 Å². The minimum absolute atomic E-state index is 0.00316. The van der Waals surface area contributed by atoms with E-state index in [-0.39, 0.29) is 23.8 Å². The number of aromatic carboxylic acids is 1. The molecular formula is C14H21N3O4. The van der Waals surface area contributed by atoms with E-state index < -0.39 is 5.97 Å². The molecule has 1 fully saturated rings. The van der Waals surface area contributed by atoms with Crippen LogP contribution in [0.25, 0.3) is 0 Å². The van der Waals surface area contributed by atoms with E-state index in [4.69, 9.17) is 9.84 Å². The number of hydrogen-bond acceptors (Lipinski definition) is 4. The number of nitrogens with one attached hydrogen (secondary N) is 1. The molecular weight excluding hydrogens is 274 g/mol. The first-order chi connectivity index (χ1) is 9.86. The van der Waals surface area contributed by atoms with Crippen molar-refractivity contribution in [1.82, 2.24) is 15.1 Å². The van der Waals surface area contributed by atoms with Crippen LogP contribution in [0, 0.1) is 5.92 Å². The first-order valence-electron chi connectivity index (χ1n) is 7.11. The average molecular weight is 295 g/mol. The zero-order valence-corrected chi connectivity index (χ0v) is 12.5. The van der Waals surface area contributed by atoms with Crippen molar-refractivity contribution in [2.45, 2.75) is 39.2 Å². The molecule has 2 heterocycles. The normalized spacial score (nSPS) is 16.7. The molecule has 1 unspecified atom stereocenters. The number of carboxylic acid groups (broad SMARTS) is 1. The number of amides is 1. The van der Waals surface area contributed by atoms with Gasteiger partial charge in [-0.2, -0.15) is 5.10 Å². The topological polar surface area (TPSA) is 95.5 Å². The summed E-state index contributed by atoms with van der Waals surface area (Å²) in [7, 11) is 0. The van der Waals surface area contributed by atoms with Gasteiger partial charge in [-0.25, -0.2) is 9.59 Å². The number of carbonyl (C=O) groups excluding carboxylic acids is 1. The molecule has 1 aromatic heterocycles. The Kier molecular flexibility index (Phi) is 4.50. The third-order valence-corrected chi connectivity index (χ3v) is 3.50. The van der Waals surface area contributed by atoms with Crippen molar-refractivity contribution in [1.29, 1.82) is 0 Å². The van der Waals surface area contributed by atoms with Gasteiger partial charge >= 0.3 is 12.1 Å². The summed E-state index contributed by atoms with van der Waals surface area (Å²) < 4.78 is 5.36. The summed E-state index contributed by atoms with van der Waals surface area (Å²) in [5.41, 5.74) is 0.739. The molecule has 116 valence electrons. The first kappa shape index (κ1) is 15.3. The molecule has 1 saturated heterocycles. The van der Waals surface area contributed by atoms with Crippen LogP contribution < -0.4 is 0 Å². The van der Waals surface area contributed by atoms with Crippen LogP contribution in [0.1, 0.15) is 49.3 Å². The van der Waals surface area contributed by atoms with Gasteiger partial charge in [0.05, 0.1) is 0 Å². The summed E-state index contributed by atoms with van der Waals surface area (Å²) in [6.45, 7) is 7.11. The Morgan fingerprint density at radius 1 is 1.48 bits per heavy atom. The van der Waals surface area contributed by atoms with Gasteiger partial charge in [0, 0.05) is 24.7 Å². The molecule has 1 aliphatic heterocycles. The second-order valence-corrected chi connectivity index (χ2v) is 5.94. The SMILES string of the molecule is CC(C)CC(C)OC(=O)N1CC(c2cc(C(=O)O)n[nH]2)C1. The third-order valence-electron chi connectivity index (χ3n) is 3.50. The number of ether oxygens (including phenoxy) is 1. The number of hydrogen-bond donors (Lipinski definition) is 2. The van der Waals surface area contributed by atoms with Gasteiger partial charge in [0.15, 0.2) is 5.69 Å². The van der Waals surface area contributed by atoms with Crippen molar-refractivity contribution in [2.24, 2.45) is 5.92 Å². The van der Waals surface area contributed by atoms with E-state index in [0.717, 1.165) is 12.1 Å². The van der Waals surface area contributed by atoms with Crippen LogP contribution in [0.2, 0.25) is 0 Å². The van der Waals surface area contributed by atoms with E-state index in [1.807, 2.05) is 6.92 Å². The first-order valence-corrected chi connectivity index (χ1v) is 7.11. The highest BCUT2D eigenvalue weighted by molar-refractivity contribution is 5.85. The summed E-state index contributed by atoms with van der Waals surface area (Å²) in [5.74, 6) is -0.481. The standard InChI is InChI=1S/C14H21N3O4/c1-8(2)4-9(3)21-14(20)17-6-10(7-17)11-5-12(13(18)19)16-15-11/h5,8-10H,4,6-7H2,1-3H3,(H,15,16)(H,18,19). The zero-order chi connectivity index (χ0) is 15.6. The van der Waals surface area contributed by atoms with Gasteiger partial charge in [-0.15, -0.1) is 0 Å². The van der Waals surface area contributed by atoms with Crippen LogP contribution in [0.15, 0.2) is 6.07 Å². The van der Waals surface area contributed by atoms with Gasteiger partial charge in [0.2, 0.25) is 0 Å². The number of H-pyrrole nitrogens is 1. The predicted octanol–water partition coefficient (Wildman–Crippen LogP) is 2.08. The van der Waals surface area contributed by atoms with E-state index in [2.05, 4.69) is 24.0 Å². The minimum atomic E-state index is -1.06. The monoisotopic (exact) mass is 295 g/mol. The molecule has 0 aliphatic carbocycles. The fourth-order valence-corrected chi connectivity index (χ4v) is 2.44. The number of likely N-dealkylation sites (tertiary alicyclic amines) is 1. The Bertz CT molecular complexity index is 520. The lowest BCUT2D eigenvalue weighted by Crippen LogP contribution is -2.49. The maximum atomic E-state index is 11.9. The van der Waals surface area contributed by atoms with Gasteiger partial charge < -0.3 is 14.7 Å². The summed E-state index contributed by atoms with van der Waals surface area (Å²) >= 11 is 0. The molecule has 0 aromatic carbocycles. The molecule has 1 aromatic rings. The molecule has 7 heteroatoms. The Balaban J connectivity index is 1.80. The summed E-state index contributed by atoms with van der Waals surface area (Å²) in [6.07, 6.45) is 0.436. The van der Waals surface area contributed by atoms with Crippen molar-refractivity contribution in [3.63, 3.8) is 0 Å². The van der Waals surface area contributed by atoms with E-state index >= 15 is 0 Å².